The van der Waals surface area contributed by atoms with Crippen LogP contribution in [0.1, 0.15) is 58.9 Å². The third-order valence-corrected chi connectivity index (χ3v) is 5.91. The van der Waals surface area contributed by atoms with Crippen LogP contribution >= 0.6 is 0 Å². The van der Waals surface area contributed by atoms with Crippen LogP contribution < -0.4 is 10.6 Å². The van der Waals surface area contributed by atoms with Crippen molar-refractivity contribution in [2.45, 2.75) is 90.6 Å². The van der Waals surface area contributed by atoms with E-state index in [4.69, 9.17) is 28.4 Å². The number of benzene rings is 1. The first kappa shape index (κ1) is 33.5. The van der Waals surface area contributed by atoms with Gasteiger partial charge in [-0.1, -0.05) is 43.2 Å². The fourth-order valence-electron chi connectivity index (χ4n) is 4.18. The molecule has 0 radical (unpaired) electrons. The molecule has 0 aliphatic carbocycles. The van der Waals surface area contributed by atoms with E-state index >= 15 is 0 Å². The van der Waals surface area contributed by atoms with Gasteiger partial charge in [0.2, 0.25) is 5.91 Å². The van der Waals surface area contributed by atoms with E-state index in [9.17, 15) is 24.0 Å². The Hall–Kier alpha value is -3.71. The zero-order chi connectivity index (χ0) is 30.2. The Labute approximate surface area is 239 Å². The van der Waals surface area contributed by atoms with Crippen molar-refractivity contribution < 1.29 is 52.4 Å². The molecule has 0 aromatic heterocycles. The summed E-state index contributed by atoms with van der Waals surface area (Å²) >= 11 is 0. The highest BCUT2D eigenvalue weighted by atomic mass is 16.7. The van der Waals surface area contributed by atoms with Gasteiger partial charge in [-0.05, 0) is 18.4 Å². The molecular formula is C28H40N2O11. The number of rotatable bonds is 15. The van der Waals surface area contributed by atoms with E-state index in [1.807, 2.05) is 30.3 Å². The maximum absolute atomic E-state index is 12.0. The zero-order valence-corrected chi connectivity index (χ0v) is 23.9. The molecule has 1 aliphatic rings. The van der Waals surface area contributed by atoms with Crippen molar-refractivity contribution in [2.24, 2.45) is 0 Å². The Morgan fingerprint density at radius 3 is 2.10 bits per heavy atom. The predicted molar refractivity (Wildman–Crippen MR) is 143 cm³/mol. The number of hydrogen-bond acceptors (Lipinski definition) is 11. The molecule has 2 amide bonds. The van der Waals surface area contributed by atoms with Crippen LogP contribution in [-0.2, 0) is 54.2 Å². The lowest BCUT2D eigenvalue weighted by atomic mass is 9.96. The molecule has 1 aromatic rings. The van der Waals surface area contributed by atoms with Crippen LogP contribution in [0.2, 0.25) is 0 Å². The standard InChI is InChI=1S/C28H40N2O11/c1-18(31)30-24-26(40-21(4)34)25(39-20(3)33)23(17-37-19(2)32)41-27(24)36-15-11-6-5-10-14-29-28(35)38-16-22-12-8-7-9-13-22/h7-9,12-13,23-27H,5-6,10-11,14-17H2,1-4H3,(H,29,35)(H,30,31)/t23?,24?,25-,26+,27+/m0/s1. The number of ether oxygens (including phenoxy) is 6. The number of alkyl carbamates (subject to hydrolysis) is 1. The number of carbonyl (C=O) groups is 5. The second-order valence-corrected chi connectivity index (χ2v) is 9.49. The van der Waals surface area contributed by atoms with Gasteiger partial charge in [-0.25, -0.2) is 4.79 Å². The van der Waals surface area contributed by atoms with Gasteiger partial charge in [-0.2, -0.15) is 0 Å². The van der Waals surface area contributed by atoms with Gasteiger partial charge < -0.3 is 39.1 Å². The van der Waals surface area contributed by atoms with E-state index in [0.29, 0.717) is 13.0 Å². The molecular weight excluding hydrogens is 540 g/mol. The summed E-state index contributed by atoms with van der Waals surface area (Å²) in [5, 5.41) is 5.38. The Morgan fingerprint density at radius 2 is 1.46 bits per heavy atom. The third-order valence-electron chi connectivity index (χ3n) is 5.91. The number of hydrogen-bond donors (Lipinski definition) is 2. The minimum atomic E-state index is -1.17. The molecule has 41 heavy (non-hydrogen) atoms. The van der Waals surface area contributed by atoms with Crippen molar-refractivity contribution in [3.05, 3.63) is 35.9 Å². The van der Waals surface area contributed by atoms with E-state index in [-0.39, 0.29) is 19.8 Å². The predicted octanol–water partition coefficient (Wildman–Crippen LogP) is 2.15. The molecule has 1 saturated heterocycles. The van der Waals surface area contributed by atoms with E-state index in [0.717, 1.165) is 24.8 Å². The van der Waals surface area contributed by atoms with E-state index in [1.54, 1.807) is 0 Å². The van der Waals surface area contributed by atoms with Crippen molar-refractivity contribution in [1.82, 2.24) is 10.6 Å². The van der Waals surface area contributed by atoms with Crippen LogP contribution in [0.3, 0.4) is 0 Å². The largest absolute Gasteiger partial charge is 0.463 e. The smallest absolute Gasteiger partial charge is 0.407 e. The molecule has 2 N–H and O–H groups in total. The van der Waals surface area contributed by atoms with Crippen molar-refractivity contribution in [1.29, 1.82) is 0 Å². The number of nitrogens with one attached hydrogen (secondary N) is 2. The molecule has 2 rings (SSSR count). The molecule has 5 atom stereocenters. The Morgan fingerprint density at radius 1 is 0.805 bits per heavy atom. The van der Waals surface area contributed by atoms with Crippen molar-refractivity contribution in [3.63, 3.8) is 0 Å². The summed E-state index contributed by atoms with van der Waals surface area (Å²) in [5.41, 5.74) is 0.907. The number of unbranched alkanes of at least 4 members (excludes halogenated alkanes) is 3. The lowest BCUT2D eigenvalue weighted by Crippen LogP contribution is -2.66. The first-order chi connectivity index (χ1) is 19.6. The topological polar surface area (TPSA) is 165 Å². The van der Waals surface area contributed by atoms with Crippen LogP contribution in [-0.4, -0.2) is 80.3 Å². The van der Waals surface area contributed by atoms with E-state index in [1.165, 1.54) is 27.7 Å². The second-order valence-electron chi connectivity index (χ2n) is 9.49. The normalized spacial score (nSPS) is 21.7. The van der Waals surface area contributed by atoms with Crippen molar-refractivity contribution >= 4 is 29.9 Å². The van der Waals surface area contributed by atoms with Gasteiger partial charge in [0.1, 0.15) is 25.4 Å². The lowest BCUT2D eigenvalue weighted by Gasteiger charge is -2.44. The van der Waals surface area contributed by atoms with Crippen LogP contribution in [0.4, 0.5) is 4.79 Å². The molecule has 0 saturated carbocycles. The zero-order valence-electron chi connectivity index (χ0n) is 23.9. The van der Waals surface area contributed by atoms with Crippen LogP contribution in [0.15, 0.2) is 30.3 Å². The van der Waals surface area contributed by atoms with Crippen LogP contribution in [0.5, 0.6) is 0 Å². The molecule has 1 aliphatic heterocycles. The quantitative estimate of drug-likeness (QED) is 0.177. The van der Waals surface area contributed by atoms with Gasteiger partial charge >= 0.3 is 24.0 Å². The highest BCUT2D eigenvalue weighted by Gasteiger charge is 2.51. The molecule has 0 bridgehead atoms. The number of amides is 2. The van der Waals surface area contributed by atoms with E-state index < -0.39 is 60.6 Å². The highest BCUT2D eigenvalue weighted by molar-refractivity contribution is 5.73. The molecule has 1 fully saturated rings. The van der Waals surface area contributed by atoms with Gasteiger partial charge in [0.25, 0.3) is 0 Å². The summed E-state index contributed by atoms with van der Waals surface area (Å²) < 4.78 is 32.9. The fourth-order valence-corrected chi connectivity index (χ4v) is 4.18. The minimum Gasteiger partial charge on any atom is -0.463 e. The first-order valence-corrected chi connectivity index (χ1v) is 13.5. The summed E-state index contributed by atoms with van der Waals surface area (Å²) in [6.07, 6.45) is -1.96. The van der Waals surface area contributed by atoms with Gasteiger partial charge in [-0.3, -0.25) is 19.2 Å². The average Bonchev–Trinajstić information content (AvgIpc) is 2.90. The van der Waals surface area contributed by atoms with Gasteiger partial charge in [0.05, 0.1) is 0 Å². The second kappa shape index (κ2) is 17.9. The molecule has 13 heteroatoms. The minimum absolute atomic E-state index is 0.203. The van der Waals surface area contributed by atoms with Crippen LogP contribution in [0, 0.1) is 0 Å². The monoisotopic (exact) mass is 580 g/mol. The summed E-state index contributed by atoms with van der Waals surface area (Å²) in [4.78, 5) is 59.0. The van der Waals surface area contributed by atoms with Crippen molar-refractivity contribution in [2.75, 3.05) is 19.8 Å². The summed E-state index contributed by atoms with van der Waals surface area (Å²) in [5.74, 6) is -2.38. The number of esters is 3. The SMILES string of the molecule is CC(=O)NC1[C@H](OCCCCCCNC(=O)OCc2ccccc2)OC(COC(C)=O)[C@H](OC(C)=O)[C@@H]1OC(C)=O. The van der Waals surface area contributed by atoms with Gasteiger partial charge in [0.15, 0.2) is 18.5 Å². The molecule has 13 nitrogen and oxygen atoms in total. The molecule has 1 heterocycles. The maximum atomic E-state index is 12.0. The summed E-state index contributed by atoms with van der Waals surface area (Å²) in [6, 6.07) is 8.39. The van der Waals surface area contributed by atoms with Gasteiger partial charge in [-0.15, -0.1) is 0 Å². The maximum Gasteiger partial charge on any atom is 0.407 e. The van der Waals surface area contributed by atoms with Gasteiger partial charge in [0, 0.05) is 40.8 Å². The first-order valence-electron chi connectivity index (χ1n) is 13.5. The fraction of sp³-hybridized carbons (Fsp3) is 0.607. The molecule has 1 aromatic carbocycles. The average molecular weight is 581 g/mol. The van der Waals surface area contributed by atoms with Crippen molar-refractivity contribution in [3.8, 4) is 0 Å². The lowest BCUT2D eigenvalue weighted by molar-refractivity contribution is -0.277. The Balaban J connectivity index is 1.86. The molecule has 2 unspecified atom stereocenters. The Kier molecular flexibility index (Phi) is 14.6. The number of carbonyl (C=O) groups excluding carboxylic acids is 5. The summed E-state index contributed by atoms with van der Waals surface area (Å²) in [7, 11) is 0. The molecule has 0 spiro atoms. The summed E-state index contributed by atoms with van der Waals surface area (Å²) in [6.45, 7) is 5.45. The van der Waals surface area contributed by atoms with E-state index in [2.05, 4.69) is 10.6 Å². The third kappa shape index (κ3) is 13.0. The molecule has 228 valence electrons. The van der Waals surface area contributed by atoms with Crippen LogP contribution in [0.25, 0.3) is 0 Å². The highest BCUT2D eigenvalue weighted by Crippen LogP contribution is 2.28. The Bertz CT molecular complexity index is 1000.